The van der Waals surface area contributed by atoms with Crippen LogP contribution in [0.5, 0.6) is 0 Å². The minimum Gasteiger partial charge on any atom is -0.312 e. The average Bonchev–Trinajstić information content (AvgIpc) is 2.20. The van der Waals surface area contributed by atoms with Gasteiger partial charge in [0.1, 0.15) is 0 Å². The normalized spacial score (nSPS) is 12.1. The molecule has 2 heteroatoms. The van der Waals surface area contributed by atoms with Crippen molar-refractivity contribution in [2.45, 2.75) is 41.2 Å². The molecule has 0 aromatic carbocycles. The summed E-state index contributed by atoms with van der Waals surface area (Å²) >= 11 is 0. The molecule has 16 heavy (non-hydrogen) atoms. The first kappa shape index (κ1) is 13.2. The second-order valence-electron chi connectivity index (χ2n) is 5.55. The van der Waals surface area contributed by atoms with Gasteiger partial charge in [0.25, 0.3) is 0 Å². The van der Waals surface area contributed by atoms with Crippen LogP contribution in [0.4, 0.5) is 0 Å². The minimum absolute atomic E-state index is 0.345. The van der Waals surface area contributed by atoms with Crippen molar-refractivity contribution < 1.29 is 0 Å². The van der Waals surface area contributed by atoms with Crippen LogP contribution < -0.4 is 5.32 Å². The molecule has 0 aliphatic heterocycles. The zero-order valence-corrected chi connectivity index (χ0v) is 11.2. The number of aromatic nitrogens is 1. The highest BCUT2D eigenvalue weighted by atomic mass is 14.9. The van der Waals surface area contributed by atoms with Crippen molar-refractivity contribution in [1.29, 1.82) is 0 Å². The fraction of sp³-hybridized carbons (Fsp3) is 0.643. The van der Waals surface area contributed by atoms with Crippen molar-refractivity contribution in [3.05, 3.63) is 29.6 Å². The molecule has 1 N–H and O–H groups in total. The molecule has 90 valence electrons. The van der Waals surface area contributed by atoms with Crippen LogP contribution in [0.15, 0.2) is 18.3 Å². The molecule has 0 aliphatic rings. The maximum absolute atomic E-state index is 4.29. The second-order valence-corrected chi connectivity index (χ2v) is 5.55. The molecule has 0 radical (unpaired) electrons. The van der Waals surface area contributed by atoms with E-state index < -0.39 is 0 Å². The van der Waals surface area contributed by atoms with Gasteiger partial charge in [0, 0.05) is 25.0 Å². The van der Waals surface area contributed by atoms with E-state index in [4.69, 9.17) is 0 Å². The summed E-state index contributed by atoms with van der Waals surface area (Å²) in [5, 5.41) is 3.50. The Morgan fingerprint density at radius 3 is 2.50 bits per heavy atom. The third-order valence-electron chi connectivity index (χ3n) is 3.45. The Morgan fingerprint density at radius 2 is 2.00 bits per heavy atom. The Balaban J connectivity index is 2.39. The summed E-state index contributed by atoms with van der Waals surface area (Å²) in [6.45, 7) is 13.1. The average molecular weight is 220 g/mol. The van der Waals surface area contributed by atoms with Gasteiger partial charge >= 0.3 is 0 Å². The summed E-state index contributed by atoms with van der Waals surface area (Å²) < 4.78 is 0. The van der Waals surface area contributed by atoms with E-state index in [2.05, 4.69) is 50.1 Å². The summed E-state index contributed by atoms with van der Waals surface area (Å²) in [5.41, 5.74) is 2.68. The van der Waals surface area contributed by atoms with Crippen LogP contribution in [0.25, 0.3) is 0 Å². The lowest BCUT2D eigenvalue weighted by molar-refractivity contribution is 0.238. The molecular weight excluding hydrogens is 196 g/mol. The fourth-order valence-electron chi connectivity index (χ4n) is 1.34. The first-order chi connectivity index (χ1) is 7.42. The lowest BCUT2D eigenvalue weighted by atomic mass is 9.81. The summed E-state index contributed by atoms with van der Waals surface area (Å²) in [6, 6.07) is 4.20. The summed E-state index contributed by atoms with van der Waals surface area (Å²) in [4.78, 5) is 4.29. The lowest BCUT2D eigenvalue weighted by Crippen LogP contribution is -2.33. The molecule has 1 heterocycles. The zero-order valence-electron chi connectivity index (χ0n) is 11.2. The van der Waals surface area contributed by atoms with Crippen LogP contribution in [-0.4, -0.2) is 11.5 Å². The topological polar surface area (TPSA) is 24.9 Å². The number of nitrogens with zero attached hydrogens (tertiary/aromatic N) is 1. The van der Waals surface area contributed by atoms with Crippen LogP contribution in [0, 0.1) is 18.3 Å². The monoisotopic (exact) mass is 220 g/mol. The smallest absolute Gasteiger partial charge is 0.0372 e. The van der Waals surface area contributed by atoms with Crippen molar-refractivity contribution >= 4 is 0 Å². The van der Waals surface area contributed by atoms with Crippen molar-refractivity contribution in [2.75, 3.05) is 6.54 Å². The Labute approximate surface area is 99.5 Å². The molecule has 0 saturated heterocycles. The third kappa shape index (κ3) is 3.93. The van der Waals surface area contributed by atoms with E-state index >= 15 is 0 Å². The van der Waals surface area contributed by atoms with Crippen molar-refractivity contribution in [3.63, 3.8) is 0 Å². The standard InChI is InChI=1S/C14H24N2/c1-11(2)14(4,5)10-15-8-13-7-6-12(3)16-9-13/h6-7,9,11,15H,8,10H2,1-5H3. The van der Waals surface area contributed by atoms with Gasteiger partial charge in [-0.1, -0.05) is 33.8 Å². The molecule has 0 saturated carbocycles. The first-order valence-electron chi connectivity index (χ1n) is 6.04. The number of pyridine rings is 1. The first-order valence-corrected chi connectivity index (χ1v) is 6.04. The van der Waals surface area contributed by atoms with Gasteiger partial charge in [-0.05, 0) is 29.9 Å². The van der Waals surface area contributed by atoms with E-state index in [0.717, 1.165) is 18.8 Å². The Morgan fingerprint density at radius 1 is 1.31 bits per heavy atom. The molecule has 0 unspecified atom stereocenters. The summed E-state index contributed by atoms with van der Waals surface area (Å²) in [7, 11) is 0. The summed E-state index contributed by atoms with van der Waals surface area (Å²) in [5.74, 6) is 0.691. The number of rotatable bonds is 5. The number of aryl methyl sites for hydroxylation is 1. The fourth-order valence-corrected chi connectivity index (χ4v) is 1.34. The van der Waals surface area contributed by atoms with Gasteiger partial charge in [-0.2, -0.15) is 0 Å². The van der Waals surface area contributed by atoms with Crippen molar-refractivity contribution in [2.24, 2.45) is 11.3 Å². The SMILES string of the molecule is Cc1ccc(CNCC(C)(C)C(C)C)cn1. The van der Waals surface area contributed by atoms with Crippen LogP contribution in [0.2, 0.25) is 0 Å². The van der Waals surface area contributed by atoms with Crippen LogP contribution in [0.3, 0.4) is 0 Å². The van der Waals surface area contributed by atoms with E-state index in [1.807, 2.05) is 13.1 Å². The van der Waals surface area contributed by atoms with E-state index in [1.54, 1.807) is 0 Å². The lowest BCUT2D eigenvalue weighted by Gasteiger charge is -2.29. The number of nitrogens with one attached hydrogen (secondary N) is 1. The Hall–Kier alpha value is -0.890. The Bertz CT molecular complexity index is 312. The van der Waals surface area contributed by atoms with Gasteiger partial charge in [0.2, 0.25) is 0 Å². The molecule has 0 atom stereocenters. The molecule has 1 aromatic rings. The van der Waals surface area contributed by atoms with Gasteiger partial charge in [-0.15, -0.1) is 0 Å². The van der Waals surface area contributed by atoms with Gasteiger partial charge in [0.05, 0.1) is 0 Å². The minimum atomic E-state index is 0.345. The zero-order chi connectivity index (χ0) is 12.2. The van der Waals surface area contributed by atoms with Gasteiger partial charge in [-0.25, -0.2) is 0 Å². The van der Waals surface area contributed by atoms with Crippen molar-refractivity contribution in [3.8, 4) is 0 Å². The van der Waals surface area contributed by atoms with E-state index in [-0.39, 0.29) is 0 Å². The molecule has 0 spiro atoms. The maximum Gasteiger partial charge on any atom is 0.0372 e. The predicted octanol–water partition coefficient (Wildman–Crippen LogP) is 3.16. The van der Waals surface area contributed by atoms with Crippen molar-refractivity contribution in [1.82, 2.24) is 10.3 Å². The van der Waals surface area contributed by atoms with Gasteiger partial charge < -0.3 is 5.32 Å². The van der Waals surface area contributed by atoms with Gasteiger partial charge in [0.15, 0.2) is 0 Å². The highest BCUT2D eigenvalue weighted by molar-refractivity contribution is 5.12. The number of hydrogen-bond donors (Lipinski definition) is 1. The van der Waals surface area contributed by atoms with E-state index in [1.165, 1.54) is 5.56 Å². The molecular formula is C14H24N2. The molecule has 0 amide bonds. The Kier molecular flexibility index (Phi) is 4.48. The predicted molar refractivity (Wildman–Crippen MR) is 69.3 cm³/mol. The van der Waals surface area contributed by atoms with Crippen LogP contribution in [-0.2, 0) is 6.54 Å². The summed E-state index contributed by atoms with van der Waals surface area (Å²) in [6.07, 6.45) is 1.95. The van der Waals surface area contributed by atoms with E-state index in [0.29, 0.717) is 11.3 Å². The molecule has 0 aliphatic carbocycles. The molecule has 1 aromatic heterocycles. The van der Waals surface area contributed by atoms with Crippen LogP contribution >= 0.6 is 0 Å². The second kappa shape index (κ2) is 5.44. The maximum atomic E-state index is 4.29. The van der Waals surface area contributed by atoms with Gasteiger partial charge in [-0.3, -0.25) is 4.98 Å². The van der Waals surface area contributed by atoms with Crippen LogP contribution in [0.1, 0.15) is 39.0 Å². The molecule has 1 rings (SSSR count). The highest BCUT2D eigenvalue weighted by Gasteiger charge is 2.21. The number of hydrogen-bond acceptors (Lipinski definition) is 2. The molecule has 0 bridgehead atoms. The highest BCUT2D eigenvalue weighted by Crippen LogP contribution is 2.24. The molecule has 2 nitrogen and oxygen atoms in total. The van der Waals surface area contributed by atoms with E-state index in [9.17, 15) is 0 Å². The third-order valence-corrected chi connectivity index (χ3v) is 3.45. The molecule has 0 fully saturated rings. The quantitative estimate of drug-likeness (QED) is 0.824. The largest absolute Gasteiger partial charge is 0.312 e.